The van der Waals surface area contributed by atoms with Crippen LogP contribution >= 0.6 is 0 Å². The van der Waals surface area contributed by atoms with Gasteiger partial charge in [0, 0.05) is 18.9 Å². The van der Waals surface area contributed by atoms with Gasteiger partial charge in [0.25, 0.3) is 11.9 Å². The fraction of sp³-hybridized carbons (Fsp3) is 0.290. The first-order valence-corrected chi connectivity index (χ1v) is 13.1. The summed E-state index contributed by atoms with van der Waals surface area (Å²) in [4.78, 5) is 1.42. The Morgan fingerprint density at radius 3 is 2.08 bits per heavy atom. The Morgan fingerprint density at radius 1 is 0.850 bits per heavy atom. The highest BCUT2D eigenvalue weighted by Gasteiger charge is 2.29. The van der Waals surface area contributed by atoms with Gasteiger partial charge in [0.2, 0.25) is 0 Å². The molecule has 0 saturated carbocycles. The van der Waals surface area contributed by atoms with Gasteiger partial charge in [-0.2, -0.15) is 0 Å². The summed E-state index contributed by atoms with van der Waals surface area (Å²) in [5.41, 5.74) is 5.33. The van der Waals surface area contributed by atoms with Crippen LogP contribution in [0, 0.1) is 13.8 Å². The lowest BCUT2D eigenvalue weighted by Gasteiger charge is -2.20. The Hall–Kier alpha value is -4.24. The van der Waals surface area contributed by atoms with Crippen molar-refractivity contribution in [2.24, 2.45) is 0 Å². The van der Waals surface area contributed by atoms with Crippen LogP contribution in [0.25, 0.3) is 11.1 Å². The van der Waals surface area contributed by atoms with E-state index in [9.17, 15) is 15.3 Å². The van der Waals surface area contributed by atoms with Gasteiger partial charge in [-0.05, 0) is 85.8 Å². The molecule has 3 aromatic carbocycles. The number of benzene rings is 3. The van der Waals surface area contributed by atoms with Crippen molar-refractivity contribution < 1.29 is 34.1 Å². The predicted octanol–water partition coefficient (Wildman–Crippen LogP) is 5.48. The Morgan fingerprint density at radius 2 is 1.48 bits per heavy atom. The molecule has 1 aliphatic heterocycles. The first-order chi connectivity index (χ1) is 19.0. The van der Waals surface area contributed by atoms with Crippen molar-refractivity contribution in [3.63, 3.8) is 0 Å². The first kappa shape index (κ1) is 28.8. The van der Waals surface area contributed by atoms with Gasteiger partial charge in [0.05, 0.1) is 24.6 Å². The average Bonchev–Trinajstić information content (AvgIpc) is 2.85. The van der Waals surface area contributed by atoms with Crippen LogP contribution in [-0.2, 0) is 15.9 Å². The molecule has 3 aromatic rings. The largest absolute Gasteiger partial charge is 0.636 e. The molecule has 0 saturated heterocycles. The van der Waals surface area contributed by atoms with Crippen molar-refractivity contribution >= 4 is 12.6 Å². The highest BCUT2D eigenvalue weighted by molar-refractivity contribution is 6.61. The smallest absolute Gasteiger partial charge is 0.494 e. The molecular formula is C31H36BNO7. The quantitative estimate of drug-likeness (QED) is 0.304. The van der Waals surface area contributed by atoms with Gasteiger partial charge in [-0.25, -0.2) is 0 Å². The van der Waals surface area contributed by atoms with Crippen LogP contribution in [-0.4, -0.2) is 46.6 Å². The minimum atomic E-state index is -1.02. The summed E-state index contributed by atoms with van der Waals surface area (Å²) >= 11 is 0. The molecule has 0 aliphatic carbocycles. The first-order valence-electron chi connectivity index (χ1n) is 13.1. The van der Waals surface area contributed by atoms with Gasteiger partial charge in [-0.3, -0.25) is 0 Å². The van der Waals surface area contributed by atoms with Crippen molar-refractivity contribution in [3.8, 4) is 22.6 Å². The molecule has 0 bridgehead atoms. The second-order valence-corrected chi connectivity index (χ2v) is 10.6. The Balaban J connectivity index is 1.41. The van der Waals surface area contributed by atoms with Crippen molar-refractivity contribution in [1.29, 1.82) is 0 Å². The van der Waals surface area contributed by atoms with E-state index in [1.54, 1.807) is 45.2 Å². The molecule has 40 heavy (non-hydrogen) atoms. The number of nitrogens with zero attached hydrogens (tertiary/aromatic N) is 1. The third kappa shape index (κ3) is 7.89. The number of hydrogen-bond acceptors (Lipinski definition) is 8. The maximum Gasteiger partial charge on any atom is 0.636 e. The lowest BCUT2D eigenvalue weighted by molar-refractivity contribution is 0.0553. The van der Waals surface area contributed by atoms with Gasteiger partial charge in [-0.15, -0.1) is 0 Å². The van der Waals surface area contributed by atoms with Crippen molar-refractivity contribution in [1.82, 2.24) is 4.90 Å². The summed E-state index contributed by atoms with van der Waals surface area (Å²) in [5, 5.41) is 29.8. The van der Waals surface area contributed by atoms with Gasteiger partial charge in [0.15, 0.2) is 0 Å². The predicted molar refractivity (Wildman–Crippen MR) is 155 cm³/mol. The number of aliphatic hydroxyl groups excluding tert-OH is 2. The molecule has 0 spiro atoms. The monoisotopic (exact) mass is 545 g/mol. The molecular weight excluding hydrogens is 509 g/mol. The van der Waals surface area contributed by atoms with Crippen LogP contribution in [0.2, 0.25) is 0 Å². The molecule has 210 valence electrons. The molecule has 0 aromatic heterocycles. The van der Waals surface area contributed by atoms with E-state index < -0.39 is 12.7 Å². The molecule has 1 aliphatic rings. The fourth-order valence-corrected chi connectivity index (χ4v) is 4.41. The van der Waals surface area contributed by atoms with Crippen LogP contribution in [0.4, 0.5) is 0 Å². The number of aliphatic hydroxyl groups is 3. The summed E-state index contributed by atoms with van der Waals surface area (Å²) in [5.74, 6) is 0.773. The van der Waals surface area contributed by atoms with E-state index in [0.717, 1.165) is 33.6 Å². The van der Waals surface area contributed by atoms with E-state index in [0.29, 0.717) is 30.8 Å². The molecule has 0 unspecified atom stereocenters. The van der Waals surface area contributed by atoms with E-state index in [1.807, 2.05) is 24.3 Å². The zero-order chi connectivity index (χ0) is 28.9. The van der Waals surface area contributed by atoms with E-state index in [4.69, 9.17) is 18.8 Å². The van der Waals surface area contributed by atoms with Gasteiger partial charge < -0.3 is 39.0 Å². The third-order valence-electron chi connectivity index (χ3n) is 6.35. The summed E-state index contributed by atoms with van der Waals surface area (Å²) in [6.07, 6.45) is 3.20. The average molecular weight is 545 g/mol. The fourth-order valence-electron chi connectivity index (χ4n) is 4.41. The molecule has 1 heterocycles. The van der Waals surface area contributed by atoms with Crippen LogP contribution in [0.3, 0.4) is 0 Å². The molecule has 8 nitrogen and oxygen atoms in total. The molecule has 3 N–H and O–H groups in total. The molecule has 0 radical (unpaired) electrons. The topological polar surface area (TPSA) is 101 Å². The highest BCUT2D eigenvalue weighted by atomic mass is 16.7. The number of hydrogen-bond donors (Lipinski definition) is 3. The lowest BCUT2D eigenvalue weighted by Crippen LogP contribution is -2.37. The summed E-state index contributed by atoms with van der Waals surface area (Å²) in [6.45, 7) is 8.52. The zero-order valence-electron chi connectivity index (χ0n) is 23.5. The highest BCUT2D eigenvalue weighted by Crippen LogP contribution is 2.32. The molecule has 0 atom stereocenters. The normalized spacial score (nSPS) is 15.2. The van der Waals surface area contributed by atoms with Crippen LogP contribution < -0.4 is 14.9 Å². The minimum absolute atomic E-state index is 0.338. The Bertz CT molecular complexity index is 1330. The van der Waals surface area contributed by atoms with Crippen molar-refractivity contribution in [3.05, 3.63) is 102 Å². The molecule has 4 rings (SSSR count). The molecule has 0 fully saturated rings. The third-order valence-corrected chi connectivity index (χ3v) is 6.35. The van der Waals surface area contributed by atoms with E-state index in [-0.39, 0.29) is 11.9 Å². The second kappa shape index (κ2) is 12.3. The molecule has 9 heteroatoms. The van der Waals surface area contributed by atoms with Crippen LogP contribution in [0.15, 0.2) is 85.0 Å². The second-order valence-electron chi connectivity index (χ2n) is 10.6. The van der Waals surface area contributed by atoms with Gasteiger partial charge in [0.1, 0.15) is 18.1 Å². The number of ether oxygens (including phenoxy) is 2. The number of rotatable bonds is 9. The minimum Gasteiger partial charge on any atom is -0.494 e. The summed E-state index contributed by atoms with van der Waals surface area (Å²) < 4.78 is 22.7. The Kier molecular flexibility index (Phi) is 8.85. The van der Waals surface area contributed by atoms with E-state index in [1.165, 1.54) is 17.3 Å². The van der Waals surface area contributed by atoms with E-state index in [2.05, 4.69) is 26.0 Å². The zero-order valence-corrected chi connectivity index (χ0v) is 23.5. The van der Waals surface area contributed by atoms with E-state index >= 15 is 0 Å². The lowest BCUT2D eigenvalue weighted by atomic mass is 9.79. The Labute approximate surface area is 235 Å². The SMILES string of the molecule is Cc1cc(OCCC(C)(C)O)cc(C)c1-c1cccc(COc2ccc(B3OC(O)=CN(C)/C=C(/O)O3)cc2)c1. The van der Waals surface area contributed by atoms with Crippen LogP contribution in [0.1, 0.15) is 37.0 Å². The molecule has 0 amide bonds. The summed E-state index contributed by atoms with van der Waals surface area (Å²) in [7, 11) is 0.605. The van der Waals surface area contributed by atoms with Crippen LogP contribution in [0.5, 0.6) is 11.5 Å². The van der Waals surface area contributed by atoms with Gasteiger partial charge >= 0.3 is 7.12 Å². The van der Waals surface area contributed by atoms with Crippen molar-refractivity contribution in [2.75, 3.05) is 13.7 Å². The standard InChI is InChI=1S/C31H36BNO7/c1-21-15-27(37-14-13-31(3,4)36)16-22(2)30(21)24-8-6-7-23(17-24)20-38-26-11-9-25(10-12-26)32-39-28(34)18-33(5)19-29(35)40-32/h6-12,15-19,34-36H,13-14,20H2,1-5H3/b28-18-,29-19?. The maximum atomic E-state index is 9.95. The number of aryl methyl sites for hydroxylation is 2. The summed E-state index contributed by atoms with van der Waals surface area (Å²) in [6, 6.07) is 19.4. The van der Waals surface area contributed by atoms with Gasteiger partial charge in [-0.1, -0.05) is 30.3 Å². The van der Waals surface area contributed by atoms with Crippen molar-refractivity contribution in [2.45, 2.75) is 46.3 Å². The maximum absolute atomic E-state index is 9.95.